The van der Waals surface area contributed by atoms with E-state index in [9.17, 15) is 0 Å². The maximum atomic E-state index is 2.60. The summed E-state index contributed by atoms with van der Waals surface area (Å²) in [6.07, 6.45) is 26.8. The summed E-state index contributed by atoms with van der Waals surface area (Å²) in [5, 5.41) is 7.95. The van der Waals surface area contributed by atoms with Crippen molar-refractivity contribution in [3.05, 3.63) is 203 Å². The van der Waals surface area contributed by atoms with Gasteiger partial charge in [-0.2, -0.15) is 0 Å². The third-order valence-electron chi connectivity index (χ3n) is 20.0. The molecule has 0 heterocycles. The van der Waals surface area contributed by atoms with Crippen molar-refractivity contribution in [3.63, 3.8) is 0 Å². The molecule has 0 spiro atoms. The number of benzene rings is 9. The highest BCUT2D eigenvalue weighted by molar-refractivity contribution is 6.23. The molecule has 4 fully saturated rings. The molecule has 0 bridgehead atoms. The van der Waals surface area contributed by atoms with E-state index < -0.39 is 0 Å². The molecule has 2 heteroatoms. The minimum atomic E-state index is -0.293. The number of fused-ring (bicyclic) bond motifs is 10. The van der Waals surface area contributed by atoms with Crippen LogP contribution in [-0.4, -0.2) is 0 Å². The third-order valence-corrected chi connectivity index (χ3v) is 20.0. The fourth-order valence-electron chi connectivity index (χ4n) is 15.9. The summed E-state index contributed by atoms with van der Waals surface area (Å²) in [5.74, 6) is 2.68. The summed E-state index contributed by atoms with van der Waals surface area (Å²) >= 11 is 0. The summed E-state index contributed by atoms with van der Waals surface area (Å²) in [6, 6.07) is 67.6. The Bertz CT molecular complexity index is 3440. The standard InChI is InChI=1S/C75H78N2/c1-75(2)70-50-71(77(61-43-35-57(36-44-61)53-23-11-5-12-24-53)62-45-37-58(38-46-62)54-25-13-6-14-26-54)65-28-16-18-30-67(65)72(70)73-66-29-17-15-27-64(66)69-49-63(47-48-68(69)74(73)75)76(59-39-31-55(32-40-59)51-19-7-3-8-20-51)60-41-33-56(34-42-60)52-21-9-4-10-22-52/h15-18,27-54H,3-14,19-26H2,1-2H3. The molecule has 2 nitrogen and oxygen atoms in total. The van der Waals surface area contributed by atoms with Crippen LogP contribution < -0.4 is 9.80 Å². The molecule has 0 N–H and O–H groups in total. The van der Waals surface area contributed by atoms with Gasteiger partial charge in [0.05, 0.1) is 5.69 Å². The molecular weight excluding hydrogens is 929 g/mol. The maximum Gasteiger partial charge on any atom is 0.0543 e. The van der Waals surface area contributed by atoms with Crippen LogP contribution in [0.4, 0.5) is 34.1 Å². The fraction of sp³-hybridized carbons (Fsp3) is 0.360. The first-order valence-corrected chi connectivity index (χ1v) is 30.5. The average molecular weight is 1010 g/mol. The molecule has 0 saturated heterocycles. The van der Waals surface area contributed by atoms with Crippen LogP contribution in [-0.2, 0) is 5.41 Å². The molecule has 14 rings (SSSR count). The summed E-state index contributed by atoms with van der Waals surface area (Å²) in [6.45, 7) is 5.02. The van der Waals surface area contributed by atoms with Gasteiger partial charge in [0.2, 0.25) is 0 Å². The highest BCUT2D eigenvalue weighted by atomic mass is 15.1. The lowest BCUT2D eigenvalue weighted by Gasteiger charge is -2.31. The smallest absolute Gasteiger partial charge is 0.0543 e. The van der Waals surface area contributed by atoms with E-state index in [0.717, 1.165) is 0 Å². The van der Waals surface area contributed by atoms with Crippen molar-refractivity contribution in [2.75, 3.05) is 9.80 Å². The monoisotopic (exact) mass is 1010 g/mol. The zero-order chi connectivity index (χ0) is 51.5. The Morgan fingerprint density at radius 1 is 0.299 bits per heavy atom. The van der Waals surface area contributed by atoms with Gasteiger partial charge in [0.1, 0.15) is 0 Å². The largest absolute Gasteiger partial charge is 0.310 e. The first-order chi connectivity index (χ1) is 38.0. The Balaban J connectivity index is 0.918. The van der Waals surface area contributed by atoms with Crippen LogP contribution in [0.25, 0.3) is 43.4 Å². The van der Waals surface area contributed by atoms with Gasteiger partial charge in [-0.05, 0) is 213 Å². The van der Waals surface area contributed by atoms with Gasteiger partial charge in [0, 0.05) is 39.2 Å². The van der Waals surface area contributed by atoms with E-state index >= 15 is 0 Å². The van der Waals surface area contributed by atoms with Gasteiger partial charge in [-0.15, -0.1) is 0 Å². The lowest BCUT2D eigenvalue weighted by molar-refractivity contribution is 0.443. The van der Waals surface area contributed by atoms with Crippen LogP contribution in [0.15, 0.2) is 170 Å². The second kappa shape index (κ2) is 20.6. The van der Waals surface area contributed by atoms with Gasteiger partial charge >= 0.3 is 0 Å². The number of hydrogen-bond donors (Lipinski definition) is 0. The van der Waals surface area contributed by atoms with Crippen molar-refractivity contribution in [2.24, 2.45) is 0 Å². The first kappa shape index (κ1) is 48.7. The quantitative estimate of drug-likeness (QED) is 0.126. The molecule has 5 aliphatic carbocycles. The Labute approximate surface area is 459 Å². The zero-order valence-electron chi connectivity index (χ0n) is 46.0. The van der Waals surface area contributed by atoms with E-state index in [1.165, 1.54) is 239 Å². The highest BCUT2D eigenvalue weighted by Gasteiger charge is 2.41. The van der Waals surface area contributed by atoms with E-state index in [1.807, 2.05) is 0 Å². The second-order valence-electron chi connectivity index (χ2n) is 24.9. The minimum Gasteiger partial charge on any atom is -0.310 e. The molecule has 388 valence electrons. The number of nitrogens with zero attached hydrogens (tertiary/aromatic N) is 2. The van der Waals surface area contributed by atoms with Crippen molar-refractivity contribution in [3.8, 4) is 11.1 Å². The Kier molecular flexibility index (Phi) is 13.0. The third kappa shape index (κ3) is 8.87. The van der Waals surface area contributed by atoms with Gasteiger partial charge in [0.15, 0.2) is 0 Å². The van der Waals surface area contributed by atoms with Crippen molar-refractivity contribution >= 4 is 66.4 Å². The van der Waals surface area contributed by atoms with E-state index in [0.29, 0.717) is 23.7 Å². The average Bonchev–Trinajstić information content (AvgIpc) is 4.03. The molecule has 0 unspecified atom stereocenters. The van der Waals surface area contributed by atoms with Gasteiger partial charge in [0.25, 0.3) is 0 Å². The predicted octanol–water partition coefficient (Wildman–Crippen LogP) is 22.6. The number of anilines is 6. The van der Waals surface area contributed by atoms with Crippen LogP contribution in [0, 0.1) is 0 Å². The van der Waals surface area contributed by atoms with E-state index in [-0.39, 0.29) is 5.41 Å². The Hall–Kier alpha value is -6.64. The van der Waals surface area contributed by atoms with Crippen LogP contribution in [0.5, 0.6) is 0 Å². The fourth-order valence-corrected chi connectivity index (χ4v) is 15.9. The molecule has 0 radical (unpaired) electrons. The van der Waals surface area contributed by atoms with Gasteiger partial charge in [-0.1, -0.05) is 194 Å². The molecule has 9 aromatic rings. The van der Waals surface area contributed by atoms with Gasteiger partial charge in [-0.25, -0.2) is 0 Å². The molecular formula is C75H78N2. The Morgan fingerprint density at radius 2 is 0.649 bits per heavy atom. The highest BCUT2D eigenvalue weighted by Crippen LogP contribution is 2.59. The summed E-state index contributed by atoms with van der Waals surface area (Å²) < 4.78 is 0. The maximum absolute atomic E-state index is 2.60. The Morgan fingerprint density at radius 3 is 1.06 bits per heavy atom. The number of rotatable bonds is 10. The molecule has 77 heavy (non-hydrogen) atoms. The normalized spacial score (nSPS) is 18.4. The molecule has 0 aromatic heterocycles. The van der Waals surface area contributed by atoms with E-state index in [4.69, 9.17) is 0 Å². The lowest BCUT2D eigenvalue weighted by atomic mass is 9.78. The van der Waals surface area contributed by atoms with Crippen LogP contribution >= 0.6 is 0 Å². The summed E-state index contributed by atoms with van der Waals surface area (Å²) in [5.41, 5.74) is 18.7. The zero-order valence-corrected chi connectivity index (χ0v) is 46.0. The van der Waals surface area contributed by atoms with E-state index in [2.05, 4.69) is 194 Å². The van der Waals surface area contributed by atoms with Crippen molar-refractivity contribution in [1.82, 2.24) is 0 Å². The van der Waals surface area contributed by atoms with Crippen LogP contribution in [0.1, 0.15) is 199 Å². The van der Waals surface area contributed by atoms with Crippen molar-refractivity contribution < 1.29 is 0 Å². The first-order valence-electron chi connectivity index (χ1n) is 30.5. The van der Waals surface area contributed by atoms with Gasteiger partial charge < -0.3 is 9.80 Å². The number of hydrogen-bond acceptors (Lipinski definition) is 2. The molecule has 0 aliphatic heterocycles. The molecule has 0 atom stereocenters. The SMILES string of the molecule is CC1(C)c2cc(N(c3ccc(C4CCCCC4)cc3)c3ccc(C4CCCCC4)cc3)c3ccccc3c2-c2c1c1ccc(N(c3ccc(C4CCCCC4)cc3)c3ccc(C4CCCCC4)cc3)cc1c1ccccc21. The summed E-state index contributed by atoms with van der Waals surface area (Å²) in [4.78, 5) is 5.13. The topological polar surface area (TPSA) is 6.48 Å². The summed E-state index contributed by atoms with van der Waals surface area (Å²) in [7, 11) is 0. The molecule has 0 amide bonds. The second-order valence-corrected chi connectivity index (χ2v) is 24.9. The van der Waals surface area contributed by atoms with Gasteiger partial charge in [-0.3, -0.25) is 0 Å². The molecule has 5 aliphatic rings. The van der Waals surface area contributed by atoms with Crippen LogP contribution in [0.3, 0.4) is 0 Å². The predicted molar refractivity (Wildman–Crippen MR) is 329 cm³/mol. The van der Waals surface area contributed by atoms with Crippen molar-refractivity contribution in [2.45, 2.75) is 171 Å². The van der Waals surface area contributed by atoms with Crippen LogP contribution in [0.2, 0.25) is 0 Å². The lowest BCUT2D eigenvalue weighted by Crippen LogP contribution is -2.18. The minimum absolute atomic E-state index is 0.293. The molecule has 4 saturated carbocycles. The molecule has 9 aromatic carbocycles. The van der Waals surface area contributed by atoms with E-state index in [1.54, 1.807) is 0 Å². The van der Waals surface area contributed by atoms with Crippen molar-refractivity contribution in [1.29, 1.82) is 0 Å².